The molecule has 0 aromatic heterocycles. The number of nitrogens with zero attached hydrogens (tertiary/aromatic N) is 1. The van der Waals surface area contributed by atoms with E-state index in [-0.39, 0.29) is 29.3 Å². The van der Waals surface area contributed by atoms with E-state index in [1.807, 2.05) is 17.1 Å². The van der Waals surface area contributed by atoms with E-state index in [9.17, 15) is 19.5 Å². The number of β-amino-alcohol motifs (C(OH)–C–C–N with tert-alkyl or cyclic N) is 1. The first kappa shape index (κ1) is 24.0. The number of rotatable bonds is 7. The maximum atomic E-state index is 13.2. The molecule has 2 heterocycles. The van der Waals surface area contributed by atoms with E-state index in [1.165, 1.54) is 6.92 Å². The predicted molar refractivity (Wildman–Crippen MR) is 122 cm³/mol. The van der Waals surface area contributed by atoms with Gasteiger partial charge in [-0.25, -0.2) is 4.79 Å². The lowest BCUT2D eigenvalue weighted by atomic mass is 9.74. The van der Waals surface area contributed by atoms with E-state index in [1.54, 1.807) is 32.2 Å². The summed E-state index contributed by atoms with van der Waals surface area (Å²) in [5, 5.41) is 9.56. The number of halogens is 1. The third-order valence-corrected chi connectivity index (χ3v) is 6.54. The van der Waals surface area contributed by atoms with Crippen molar-refractivity contribution in [3.05, 3.63) is 69.1 Å². The first-order valence-electron chi connectivity index (χ1n) is 10.7. The number of esters is 1. The molecule has 2 unspecified atom stereocenters. The van der Waals surface area contributed by atoms with Gasteiger partial charge in [0.2, 0.25) is 5.78 Å². The van der Waals surface area contributed by atoms with E-state index in [0.717, 1.165) is 12.1 Å². The molecule has 0 aromatic carbocycles. The number of Topliss-reactive ketones (excluding diaryl/α,β-unsaturated/α-hetero) is 2. The van der Waals surface area contributed by atoms with Crippen molar-refractivity contribution in [2.24, 2.45) is 5.92 Å². The summed E-state index contributed by atoms with van der Waals surface area (Å²) in [6.07, 6.45) is 10.0. The highest BCUT2D eigenvalue weighted by Crippen LogP contribution is 2.50. The van der Waals surface area contributed by atoms with Gasteiger partial charge in [0.1, 0.15) is 5.57 Å². The Kier molecular flexibility index (Phi) is 6.77. The summed E-state index contributed by atoms with van der Waals surface area (Å²) < 4.78 is 5.46. The van der Waals surface area contributed by atoms with Gasteiger partial charge < -0.3 is 14.7 Å². The van der Waals surface area contributed by atoms with Crippen LogP contribution in [0.2, 0.25) is 0 Å². The molecule has 170 valence electrons. The largest absolute Gasteiger partial charge is 0.442 e. The van der Waals surface area contributed by atoms with Gasteiger partial charge in [0.25, 0.3) is 0 Å². The lowest BCUT2D eigenvalue weighted by molar-refractivity contribution is -0.153. The molecule has 0 radical (unpaired) electrons. The molecule has 2 atom stereocenters. The number of carbonyl (C=O) groups is 3. The Labute approximate surface area is 193 Å². The number of aliphatic hydroxyl groups is 1. The summed E-state index contributed by atoms with van der Waals surface area (Å²) >= 11 is 6.48. The van der Waals surface area contributed by atoms with Crippen molar-refractivity contribution in [3.8, 4) is 0 Å². The summed E-state index contributed by atoms with van der Waals surface area (Å²) in [6, 6.07) is 0. The molecule has 0 saturated carbocycles. The highest BCUT2D eigenvalue weighted by atomic mass is 35.5. The van der Waals surface area contributed by atoms with Crippen LogP contribution in [0.1, 0.15) is 41.0 Å². The molecule has 0 amide bonds. The molecule has 0 saturated heterocycles. The number of fused-ring (bicyclic) bond motifs is 3. The van der Waals surface area contributed by atoms with Crippen LogP contribution in [0.15, 0.2) is 69.1 Å². The van der Waals surface area contributed by atoms with E-state index in [0.29, 0.717) is 22.6 Å². The first-order chi connectivity index (χ1) is 15.1. The highest BCUT2D eigenvalue weighted by molar-refractivity contribution is 6.46. The minimum atomic E-state index is -1.68. The summed E-state index contributed by atoms with van der Waals surface area (Å²) in [7, 11) is 0. The van der Waals surface area contributed by atoms with Gasteiger partial charge in [0.05, 0.1) is 11.6 Å². The number of ketones is 2. The lowest BCUT2D eigenvalue weighted by Crippen LogP contribution is -2.43. The average molecular weight is 458 g/mol. The Hall–Kier alpha value is -2.70. The molecule has 0 bridgehead atoms. The Bertz CT molecular complexity index is 1070. The Morgan fingerprint density at radius 3 is 2.66 bits per heavy atom. The number of carbonyl (C=O) groups excluding carboxylic acids is 3. The molecule has 32 heavy (non-hydrogen) atoms. The molecule has 0 aromatic rings. The summed E-state index contributed by atoms with van der Waals surface area (Å²) in [5.41, 5.74) is 0.428. The second-order valence-corrected chi connectivity index (χ2v) is 8.68. The van der Waals surface area contributed by atoms with Crippen molar-refractivity contribution < 1.29 is 24.2 Å². The van der Waals surface area contributed by atoms with Gasteiger partial charge in [-0.2, -0.15) is 0 Å². The van der Waals surface area contributed by atoms with E-state index in [2.05, 4.69) is 13.8 Å². The molecule has 3 rings (SSSR count). The van der Waals surface area contributed by atoms with Crippen LogP contribution in [0.4, 0.5) is 0 Å². The van der Waals surface area contributed by atoms with Crippen LogP contribution in [0.3, 0.4) is 0 Å². The van der Waals surface area contributed by atoms with E-state index in [4.69, 9.17) is 16.3 Å². The summed E-state index contributed by atoms with van der Waals surface area (Å²) in [5.74, 6) is -1.54. The number of allylic oxidation sites excluding steroid dienone is 6. The zero-order valence-electron chi connectivity index (χ0n) is 19.0. The number of hydrogen-bond donors (Lipinski definition) is 1. The summed E-state index contributed by atoms with van der Waals surface area (Å²) in [6.45, 7) is 9.13. The van der Waals surface area contributed by atoms with Crippen LogP contribution in [-0.4, -0.2) is 46.3 Å². The smallest absolute Gasteiger partial charge is 0.343 e. The average Bonchev–Trinajstić information content (AvgIpc) is 3.06. The SMILES string of the molecule is CC=C(C)C(=O)C1=C2C3=CN(CCO)C(C=CC(C)CC)=CC3=C(Cl)C(=O)C2(C)OC1=O. The van der Waals surface area contributed by atoms with Crippen LogP contribution < -0.4 is 0 Å². The quantitative estimate of drug-likeness (QED) is 0.355. The van der Waals surface area contributed by atoms with Crippen molar-refractivity contribution in [2.45, 2.75) is 46.6 Å². The molecule has 7 heteroatoms. The van der Waals surface area contributed by atoms with E-state index < -0.39 is 23.1 Å². The molecule has 1 aliphatic carbocycles. The van der Waals surface area contributed by atoms with E-state index >= 15 is 0 Å². The predicted octanol–water partition coefficient (Wildman–Crippen LogP) is 3.89. The van der Waals surface area contributed by atoms with Gasteiger partial charge in [0.15, 0.2) is 11.4 Å². The zero-order chi connectivity index (χ0) is 23.8. The standard InChI is InChI=1S/C25H28ClNO5/c1-6-14(3)8-9-16-12-17-18(13-27(16)10-11-28)20-19(22(29)15(4)7-2)24(31)32-25(20,5)23(30)21(17)26/h7-9,12-14,28H,6,10-11H2,1-5H3. The zero-order valence-corrected chi connectivity index (χ0v) is 19.7. The third-order valence-electron chi connectivity index (χ3n) is 6.16. The van der Waals surface area contributed by atoms with Crippen molar-refractivity contribution >= 4 is 29.1 Å². The van der Waals surface area contributed by atoms with Crippen LogP contribution in [0.25, 0.3) is 0 Å². The van der Waals surface area contributed by atoms with Gasteiger partial charge >= 0.3 is 5.97 Å². The minimum absolute atomic E-state index is 0.0511. The van der Waals surface area contributed by atoms with Gasteiger partial charge in [-0.15, -0.1) is 0 Å². The fraction of sp³-hybridized carbons (Fsp3) is 0.400. The first-order valence-corrected chi connectivity index (χ1v) is 11.1. The fourth-order valence-electron chi connectivity index (χ4n) is 3.88. The van der Waals surface area contributed by atoms with Crippen molar-refractivity contribution in [1.29, 1.82) is 0 Å². The van der Waals surface area contributed by atoms with Crippen molar-refractivity contribution in [3.63, 3.8) is 0 Å². The van der Waals surface area contributed by atoms with Crippen LogP contribution >= 0.6 is 11.6 Å². The molecule has 1 N–H and O–H groups in total. The normalized spacial score (nSPS) is 24.5. The summed E-state index contributed by atoms with van der Waals surface area (Å²) in [4.78, 5) is 40.8. The van der Waals surface area contributed by atoms with Crippen molar-refractivity contribution in [2.75, 3.05) is 13.2 Å². The molecule has 2 aliphatic heterocycles. The maximum Gasteiger partial charge on any atom is 0.343 e. The van der Waals surface area contributed by atoms with Gasteiger partial charge in [-0.1, -0.05) is 44.0 Å². The minimum Gasteiger partial charge on any atom is -0.442 e. The third kappa shape index (κ3) is 3.82. The van der Waals surface area contributed by atoms with Gasteiger partial charge in [-0.05, 0) is 44.4 Å². The Morgan fingerprint density at radius 2 is 2.06 bits per heavy atom. The molecule has 3 aliphatic rings. The molecular formula is C25H28ClNO5. The fourth-order valence-corrected chi connectivity index (χ4v) is 4.22. The molecule has 6 nitrogen and oxygen atoms in total. The number of ether oxygens (including phenoxy) is 1. The number of aliphatic hydroxyl groups excluding tert-OH is 1. The molecule has 0 fully saturated rings. The Balaban J connectivity index is 2.27. The Morgan fingerprint density at radius 1 is 1.38 bits per heavy atom. The van der Waals surface area contributed by atoms with Crippen LogP contribution in [-0.2, 0) is 19.1 Å². The number of hydrogen-bond acceptors (Lipinski definition) is 6. The highest BCUT2D eigenvalue weighted by Gasteiger charge is 2.57. The second-order valence-electron chi connectivity index (χ2n) is 8.30. The maximum absolute atomic E-state index is 13.2. The molecule has 0 spiro atoms. The van der Waals surface area contributed by atoms with Gasteiger partial charge in [-0.3, -0.25) is 9.59 Å². The molecular weight excluding hydrogens is 430 g/mol. The second kappa shape index (κ2) is 9.04. The topological polar surface area (TPSA) is 83.9 Å². The van der Waals surface area contributed by atoms with Crippen LogP contribution in [0.5, 0.6) is 0 Å². The van der Waals surface area contributed by atoms with Crippen LogP contribution in [0, 0.1) is 5.92 Å². The lowest BCUT2D eigenvalue weighted by Gasteiger charge is -2.36. The van der Waals surface area contributed by atoms with Crippen molar-refractivity contribution in [1.82, 2.24) is 4.90 Å². The monoisotopic (exact) mass is 457 g/mol. The van der Waals surface area contributed by atoms with Gasteiger partial charge in [0, 0.05) is 35.2 Å².